The summed E-state index contributed by atoms with van der Waals surface area (Å²) in [6.07, 6.45) is 4.45. The minimum Gasteiger partial charge on any atom is -0.385 e. The highest BCUT2D eigenvalue weighted by molar-refractivity contribution is 7.89. The zero-order chi connectivity index (χ0) is 27.3. The number of methoxy groups -OCH3 is 1. The Bertz CT molecular complexity index is 1400. The van der Waals surface area contributed by atoms with Crippen molar-refractivity contribution in [1.29, 1.82) is 0 Å². The Hall–Kier alpha value is -3.28. The van der Waals surface area contributed by atoms with E-state index in [1.54, 1.807) is 39.2 Å². The number of benzene rings is 2. The van der Waals surface area contributed by atoms with Crippen LogP contribution in [0.1, 0.15) is 53.8 Å². The fourth-order valence-corrected chi connectivity index (χ4v) is 7.08. The molecule has 38 heavy (non-hydrogen) atoms. The van der Waals surface area contributed by atoms with E-state index in [0.717, 1.165) is 31.2 Å². The van der Waals surface area contributed by atoms with E-state index in [4.69, 9.17) is 4.74 Å². The third kappa shape index (κ3) is 5.59. The molecule has 3 N–H and O–H groups in total. The highest BCUT2D eigenvalue weighted by atomic mass is 32.2. The molecule has 2 heterocycles. The smallest absolute Gasteiger partial charge is 0.247 e. The molecular weight excluding hydrogens is 506 g/mol. The summed E-state index contributed by atoms with van der Waals surface area (Å²) in [6.45, 7) is 4.95. The standard InChI is InChI=1S/C27H35N5O5S/c1-18-26(19(2)31-30-18)38(35,36)32-15-6-4-11-24(32)27(34)29-22-12-13-23(28-14-5-7-16-37-3)25-20(17-33)9-8-10-21(22)25/h8-10,12-13,17,24,28H,4-7,11,14-16H2,1-3H3,(H,29,34)(H,30,31). The first-order chi connectivity index (χ1) is 18.3. The van der Waals surface area contributed by atoms with E-state index in [9.17, 15) is 18.0 Å². The molecule has 1 saturated heterocycles. The van der Waals surface area contributed by atoms with E-state index < -0.39 is 22.0 Å². The van der Waals surface area contributed by atoms with Crippen LogP contribution in [0.4, 0.5) is 11.4 Å². The van der Waals surface area contributed by atoms with Crippen molar-refractivity contribution in [2.45, 2.75) is 56.9 Å². The molecule has 10 nitrogen and oxygen atoms in total. The van der Waals surface area contributed by atoms with Gasteiger partial charge in [0.15, 0.2) is 6.29 Å². The molecule has 0 radical (unpaired) electrons. The van der Waals surface area contributed by atoms with E-state index in [-0.39, 0.29) is 11.4 Å². The van der Waals surface area contributed by atoms with Gasteiger partial charge in [-0.3, -0.25) is 14.7 Å². The van der Waals surface area contributed by atoms with Gasteiger partial charge in [0.1, 0.15) is 10.9 Å². The van der Waals surface area contributed by atoms with Crippen LogP contribution in [-0.4, -0.2) is 68.0 Å². The molecule has 0 spiro atoms. The minimum atomic E-state index is -3.93. The number of fused-ring (bicyclic) bond motifs is 1. The average molecular weight is 542 g/mol. The lowest BCUT2D eigenvalue weighted by Gasteiger charge is -2.33. The maximum atomic E-state index is 13.6. The molecule has 3 aromatic rings. The van der Waals surface area contributed by atoms with Gasteiger partial charge in [0.25, 0.3) is 0 Å². The van der Waals surface area contributed by atoms with Crippen LogP contribution in [0.5, 0.6) is 0 Å². The lowest BCUT2D eigenvalue weighted by Crippen LogP contribution is -2.50. The third-order valence-electron chi connectivity index (χ3n) is 6.93. The summed E-state index contributed by atoms with van der Waals surface area (Å²) in [5, 5.41) is 14.5. The zero-order valence-electron chi connectivity index (χ0n) is 22.0. The summed E-state index contributed by atoms with van der Waals surface area (Å²) in [6, 6.07) is 8.13. The Morgan fingerprint density at radius 1 is 1.18 bits per heavy atom. The van der Waals surface area contributed by atoms with Crippen LogP contribution in [0, 0.1) is 13.8 Å². The fraction of sp³-hybridized carbons (Fsp3) is 0.444. The first-order valence-corrected chi connectivity index (χ1v) is 14.3. The van der Waals surface area contributed by atoms with Crippen LogP contribution in [0.2, 0.25) is 0 Å². The van der Waals surface area contributed by atoms with Gasteiger partial charge in [0.05, 0.1) is 11.4 Å². The number of nitrogens with zero attached hydrogens (tertiary/aromatic N) is 2. The predicted molar refractivity (Wildman–Crippen MR) is 147 cm³/mol. The Balaban J connectivity index is 1.62. The number of nitrogens with one attached hydrogen (secondary N) is 3. The summed E-state index contributed by atoms with van der Waals surface area (Å²) in [5.74, 6) is -0.398. The minimum absolute atomic E-state index is 0.124. The van der Waals surface area contributed by atoms with Gasteiger partial charge in [-0.15, -0.1) is 0 Å². The molecule has 1 aliphatic rings. The summed E-state index contributed by atoms with van der Waals surface area (Å²) < 4.78 is 33.6. The van der Waals surface area contributed by atoms with Gasteiger partial charge in [-0.05, 0) is 51.7 Å². The number of H-pyrrole nitrogens is 1. The van der Waals surface area contributed by atoms with Crippen molar-refractivity contribution >= 4 is 44.4 Å². The monoisotopic (exact) mass is 541 g/mol. The molecule has 1 atom stereocenters. The second kappa shape index (κ2) is 12.1. The predicted octanol–water partition coefficient (Wildman–Crippen LogP) is 4.01. The first kappa shape index (κ1) is 27.7. The maximum absolute atomic E-state index is 13.6. The Kier molecular flexibility index (Phi) is 8.80. The number of aryl methyl sites for hydroxylation is 2. The van der Waals surface area contributed by atoms with E-state index in [2.05, 4.69) is 20.8 Å². The van der Waals surface area contributed by atoms with E-state index in [0.29, 0.717) is 59.4 Å². The second-order valence-corrected chi connectivity index (χ2v) is 11.4. The summed E-state index contributed by atoms with van der Waals surface area (Å²) in [4.78, 5) is 25.6. The number of ether oxygens (including phenoxy) is 1. The highest BCUT2D eigenvalue weighted by Crippen LogP contribution is 2.34. The number of aldehydes is 1. The van der Waals surface area contributed by atoms with Crippen LogP contribution < -0.4 is 10.6 Å². The largest absolute Gasteiger partial charge is 0.385 e. The molecule has 11 heteroatoms. The van der Waals surface area contributed by atoms with Gasteiger partial charge in [-0.25, -0.2) is 8.42 Å². The van der Waals surface area contributed by atoms with Gasteiger partial charge in [0.2, 0.25) is 15.9 Å². The molecule has 204 valence electrons. The molecule has 1 fully saturated rings. The molecule has 0 aliphatic carbocycles. The van der Waals surface area contributed by atoms with Gasteiger partial charge in [-0.2, -0.15) is 9.40 Å². The van der Waals surface area contributed by atoms with Gasteiger partial charge in [-0.1, -0.05) is 24.6 Å². The van der Waals surface area contributed by atoms with Crippen molar-refractivity contribution in [2.24, 2.45) is 0 Å². The number of hydrogen-bond donors (Lipinski definition) is 3. The van der Waals surface area contributed by atoms with Crippen molar-refractivity contribution in [2.75, 3.05) is 37.4 Å². The van der Waals surface area contributed by atoms with Gasteiger partial charge >= 0.3 is 0 Å². The normalized spacial score (nSPS) is 16.4. The number of aromatic nitrogens is 2. The molecule has 2 aromatic carbocycles. The average Bonchev–Trinajstić information content (AvgIpc) is 3.27. The molecular formula is C27H35N5O5S. The first-order valence-electron chi connectivity index (χ1n) is 12.9. The number of unbranched alkanes of at least 4 members (excludes halogenated alkanes) is 1. The van der Waals surface area contributed by atoms with Crippen LogP contribution in [0.25, 0.3) is 10.8 Å². The number of carbonyl (C=O) groups is 2. The molecule has 0 saturated carbocycles. The summed E-state index contributed by atoms with van der Waals surface area (Å²) in [5.41, 5.74) is 2.66. The number of carbonyl (C=O) groups excluding carboxylic acids is 2. The van der Waals surface area contributed by atoms with E-state index in [1.807, 2.05) is 12.1 Å². The Labute approximate surface area is 223 Å². The highest BCUT2D eigenvalue weighted by Gasteiger charge is 2.39. The topological polar surface area (TPSA) is 133 Å². The Morgan fingerprint density at radius 2 is 1.97 bits per heavy atom. The molecule has 1 unspecified atom stereocenters. The maximum Gasteiger partial charge on any atom is 0.247 e. The Morgan fingerprint density at radius 3 is 2.68 bits per heavy atom. The molecule has 4 rings (SSSR count). The number of rotatable bonds is 11. The van der Waals surface area contributed by atoms with E-state index in [1.165, 1.54) is 4.31 Å². The van der Waals surface area contributed by atoms with Crippen LogP contribution in [0.3, 0.4) is 0 Å². The third-order valence-corrected chi connectivity index (χ3v) is 9.10. The molecule has 0 bridgehead atoms. The van der Waals surface area contributed by atoms with Crippen LogP contribution in [0.15, 0.2) is 35.2 Å². The number of sulfonamides is 1. The molecule has 1 aliphatic heterocycles. The van der Waals surface area contributed by atoms with E-state index >= 15 is 0 Å². The number of hydrogen-bond acceptors (Lipinski definition) is 7. The second-order valence-electron chi connectivity index (χ2n) is 9.55. The van der Waals surface area contributed by atoms with Crippen LogP contribution >= 0.6 is 0 Å². The number of amides is 1. The van der Waals surface area contributed by atoms with Gasteiger partial charge in [0, 0.05) is 54.5 Å². The summed E-state index contributed by atoms with van der Waals surface area (Å²) >= 11 is 0. The number of piperidine rings is 1. The zero-order valence-corrected chi connectivity index (χ0v) is 22.9. The molecule has 1 amide bonds. The number of aromatic amines is 1. The van der Waals surface area contributed by atoms with Crippen molar-refractivity contribution in [3.05, 3.63) is 47.3 Å². The number of anilines is 2. The summed E-state index contributed by atoms with van der Waals surface area (Å²) in [7, 11) is -2.26. The van der Waals surface area contributed by atoms with Crippen molar-refractivity contribution in [1.82, 2.24) is 14.5 Å². The van der Waals surface area contributed by atoms with Crippen molar-refractivity contribution in [3.8, 4) is 0 Å². The fourth-order valence-electron chi connectivity index (χ4n) is 5.09. The quantitative estimate of drug-likeness (QED) is 0.247. The molecule has 1 aromatic heterocycles. The van der Waals surface area contributed by atoms with Gasteiger partial charge < -0.3 is 15.4 Å². The SMILES string of the molecule is COCCCCNc1ccc(NC(=O)C2CCCCN2S(=O)(=O)c2c(C)n[nH]c2C)c2cccc(C=O)c12. The lowest BCUT2D eigenvalue weighted by molar-refractivity contribution is -0.120. The van der Waals surface area contributed by atoms with Crippen molar-refractivity contribution < 1.29 is 22.7 Å². The van der Waals surface area contributed by atoms with Crippen LogP contribution in [-0.2, 0) is 19.6 Å². The lowest BCUT2D eigenvalue weighted by atomic mass is 10.0. The van der Waals surface area contributed by atoms with Crippen molar-refractivity contribution in [3.63, 3.8) is 0 Å².